The Morgan fingerprint density at radius 2 is 1.85 bits per heavy atom. The highest BCUT2D eigenvalue weighted by molar-refractivity contribution is 9.10. The van der Waals surface area contributed by atoms with Crippen molar-refractivity contribution < 1.29 is 0 Å². The SMILES string of the molecule is CCN=C(N)N1CCN(C(C)c2ccc(Br)cc2)CC1. The molecule has 0 radical (unpaired) electrons. The van der Waals surface area contributed by atoms with E-state index in [1.165, 1.54) is 5.56 Å². The van der Waals surface area contributed by atoms with Gasteiger partial charge in [-0.1, -0.05) is 28.1 Å². The number of aliphatic imine (C=N–C) groups is 1. The number of piperazine rings is 1. The molecule has 0 bridgehead atoms. The van der Waals surface area contributed by atoms with Crippen LogP contribution in [0, 0.1) is 0 Å². The van der Waals surface area contributed by atoms with Crippen molar-refractivity contribution in [2.24, 2.45) is 10.7 Å². The molecule has 4 nitrogen and oxygen atoms in total. The van der Waals surface area contributed by atoms with Crippen LogP contribution < -0.4 is 5.73 Å². The second-order valence-corrected chi connectivity index (χ2v) is 6.00. The van der Waals surface area contributed by atoms with Crippen molar-refractivity contribution >= 4 is 21.9 Å². The average molecular weight is 339 g/mol. The van der Waals surface area contributed by atoms with Gasteiger partial charge < -0.3 is 10.6 Å². The molecule has 1 aliphatic heterocycles. The van der Waals surface area contributed by atoms with Gasteiger partial charge in [0.1, 0.15) is 0 Å². The molecule has 0 saturated carbocycles. The maximum absolute atomic E-state index is 5.96. The van der Waals surface area contributed by atoms with Gasteiger partial charge in [0.05, 0.1) is 0 Å². The van der Waals surface area contributed by atoms with Crippen LogP contribution in [0.4, 0.5) is 0 Å². The van der Waals surface area contributed by atoms with Crippen molar-refractivity contribution in [3.8, 4) is 0 Å². The Morgan fingerprint density at radius 3 is 2.40 bits per heavy atom. The number of hydrogen-bond acceptors (Lipinski definition) is 2. The lowest BCUT2D eigenvalue weighted by molar-refractivity contribution is 0.140. The molecule has 110 valence electrons. The fourth-order valence-corrected chi connectivity index (χ4v) is 2.82. The number of nitrogens with zero attached hydrogens (tertiary/aromatic N) is 3. The van der Waals surface area contributed by atoms with Gasteiger partial charge >= 0.3 is 0 Å². The number of guanidine groups is 1. The van der Waals surface area contributed by atoms with Crippen molar-refractivity contribution in [3.63, 3.8) is 0 Å². The minimum Gasteiger partial charge on any atom is -0.370 e. The first-order chi connectivity index (χ1) is 9.61. The zero-order valence-electron chi connectivity index (χ0n) is 12.2. The third-order valence-electron chi connectivity index (χ3n) is 3.86. The maximum Gasteiger partial charge on any atom is 0.191 e. The van der Waals surface area contributed by atoms with E-state index in [1.807, 2.05) is 6.92 Å². The van der Waals surface area contributed by atoms with E-state index in [9.17, 15) is 0 Å². The zero-order chi connectivity index (χ0) is 14.5. The Morgan fingerprint density at radius 1 is 1.25 bits per heavy atom. The second kappa shape index (κ2) is 7.09. The lowest BCUT2D eigenvalue weighted by Crippen LogP contribution is -2.51. The standard InChI is InChI=1S/C15H23BrN4/c1-3-18-15(17)20-10-8-19(9-11-20)12(2)13-4-6-14(16)7-5-13/h4-7,12H,3,8-11H2,1-2H3,(H2,17,18). The Balaban J connectivity index is 1.93. The summed E-state index contributed by atoms with van der Waals surface area (Å²) in [7, 11) is 0. The normalized spacial score (nSPS) is 19.1. The van der Waals surface area contributed by atoms with Crippen molar-refractivity contribution in [1.82, 2.24) is 9.80 Å². The summed E-state index contributed by atoms with van der Waals surface area (Å²) in [4.78, 5) is 8.96. The summed E-state index contributed by atoms with van der Waals surface area (Å²) < 4.78 is 1.13. The minimum absolute atomic E-state index is 0.439. The predicted octanol–water partition coefficient (Wildman–Crippen LogP) is 2.46. The zero-order valence-corrected chi connectivity index (χ0v) is 13.8. The van der Waals surface area contributed by atoms with Crippen LogP contribution in [-0.4, -0.2) is 48.5 Å². The van der Waals surface area contributed by atoms with Crippen LogP contribution in [0.25, 0.3) is 0 Å². The highest BCUT2D eigenvalue weighted by Crippen LogP contribution is 2.23. The first-order valence-electron chi connectivity index (χ1n) is 7.16. The predicted molar refractivity (Wildman–Crippen MR) is 87.9 cm³/mol. The van der Waals surface area contributed by atoms with E-state index in [0.29, 0.717) is 12.0 Å². The van der Waals surface area contributed by atoms with Gasteiger partial charge in [-0.3, -0.25) is 9.89 Å². The molecule has 1 aliphatic rings. The second-order valence-electron chi connectivity index (χ2n) is 5.08. The molecule has 1 aromatic carbocycles. The number of hydrogen-bond donors (Lipinski definition) is 1. The van der Waals surface area contributed by atoms with Gasteiger partial charge in [-0.25, -0.2) is 0 Å². The summed E-state index contributed by atoms with van der Waals surface area (Å²) in [6, 6.07) is 9.03. The molecule has 0 aliphatic carbocycles. The third-order valence-corrected chi connectivity index (χ3v) is 4.39. The van der Waals surface area contributed by atoms with E-state index in [-0.39, 0.29) is 0 Å². The van der Waals surface area contributed by atoms with E-state index < -0.39 is 0 Å². The molecule has 1 saturated heterocycles. The van der Waals surface area contributed by atoms with Crippen molar-refractivity contribution in [3.05, 3.63) is 34.3 Å². The van der Waals surface area contributed by atoms with Crippen LogP contribution in [0.3, 0.4) is 0 Å². The average Bonchev–Trinajstić information content (AvgIpc) is 2.48. The molecule has 5 heteroatoms. The number of halogens is 1. The molecule has 1 aromatic rings. The molecular weight excluding hydrogens is 316 g/mol. The van der Waals surface area contributed by atoms with Gasteiger partial charge in [-0.05, 0) is 31.5 Å². The highest BCUT2D eigenvalue weighted by Gasteiger charge is 2.22. The Hall–Kier alpha value is -1.07. The molecule has 2 rings (SSSR count). The molecule has 1 fully saturated rings. The quantitative estimate of drug-likeness (QED) is 0.680. The summed E-state index contributed by atoms with van der Waals surface area (Å²) >= 11 is 3.48. The van der Waals surface area contributed by atoms with Crippen LogP contribution in [0.5, 0.6) is 0 Å². The fraction of sp³-hybridized carbons (Fsp3) is 0.533. The highest BCUT2D eigenvalue weighted by atomic mass is 79.9. The summed E-state index contributed by atoms with van der Waals surface area (Å²) in [5.41, 5.74) is 7.32. The van der Waals surface area contributed by atoms with Crippen molar-refractivity contribution in [1.29, 1.82) is 0 Å². The Bertz CT molecular complexity index is 449. The van der Waals surface area contributed by atoms with Crippen LogP contribution in [0.2, 0.25) is 0 Å². The Labute approximate surface area is 129 Å². The fourth-order valence-electron chi connectivity index (χ4n) is 2.55. The van der Waals surface area contributed by atoms with Gasteiger partial charge in [0, 0.05) is 43.2 Å². The molecular formula is C15H23BrN4. The molecule has 0 spiro atoms. The number of benzene rings is 1. The third kappa shape index (κ3) is 3.73. The van der Waals surface area contributed by atoms with Crippen molar-refractivity contribution in [2.45, 2.75) is 19.9 Å². The van der Waals surface area contributed by atoms with Gasteiger partial charge in [-0.15, -0.1) is 0 Å². The summed E-state index contributed by atoms with van der Waals surface area (Å²) in [6.45, 7) is 8.99. The molecule has 1 heterocycles. The number of rotatable bonds is 3. The largest absolute Gasteiger partial charge is 0.370 e. The molecule has 20 heavy (non-hydrogen) atoms. The summed E-state index contributed by atoms with van der Waals surface area (Å²) in [6.07, 6.45) is 0. The van der Waals surface area contributed by atoms with Gasteiger partial charge in [0.15, 0.2) is 5.96 Å². The van der Waals surface area contributed by atoms with Crippen molar-refractivity contribution in [2.75, 3.05) is 32.7 Å². The van der Waals surface area contributed by atoms with Crippen LogP contribution in [0.1, 0.15) is 25.5 Å². The first-order valence-corrected chi connectivity index (χ1v) is 7.95. The molecule has 0 aromatic heterocycles. The van der Waals surface area contributed by atoms with E-state index in [1.54, 1.807) is 0 Å². The first kappa shape index (κ1) is 15.3. The van der Waals surface area contributed by atoms with Crippen LogP contribution >= 0.6 is 15.9 Å². The van der Waals surface area contributed by atoms with E-state index in [4.69, 9.17) is 5.73 Å². The lowest BCUT2D eigenvalue weighted by atomic mass is 10.1. The molecule has 1 atom stereocenters. The summed E-state index contributed by atoms with van der Waals surface area (Å²) in [5, 5.41) is 0. The van der Waals surface area contributed by atoms with Crippen LogP contribution in [0.15, 0.2) is 33.7 Å². The smallest absolute Gasteiger partial charge is 0.191 e. The van der Waals surface area contributed by atoms with Gasteiger partial charge in [0.2, 0.25) is 0 Å². The van der Waals surface area contributed by atoms with E-state index >= 15 is 0 Å². The Kier molecular flexibility index (Phi) is 5.43. The van der Waals surface area contributed by atoms with E-state index in [0.717, 1.165) is 37.2 Å². The molecule has 0 amide bonds. The number of nitrogens with two attached hydrogens (primary N) is 1. The lowest BCUT2D eigenvalue weighted by Gasteiger charge is -2.38. The maximum atomic E-state index is 5.96. The topological polar surface area (TPSA) is 44.9 Å². The van der Waals surface area contributed by atoms with Gasteiger partial charge in [0.25, 0.3) is 0 Å². The molecule has 2 N–H and O–H groups in total. The minimum atomic E-state index is 0.439. The van der Waals surface area contributed by atoms with Gasteiger partial charge in [-0.2, -0.15) is 0 Å². The van der Waals surface area contributed by atoms with Crippen LogP contribution in [-0.2, 0) is 0 Å². The summed E-state index contributed by atoms with van der Waals surface area (Å²) in [5.74, 6) is 0.684. The monoisotopic (exact) mass is 338 g/mol. The molecule has 1 unspecified atom stereocenters. The van der Waals surface area contributed by atoms with E-state index in [2.05, 4.69) is 61.9 Å².